The van der Waals surface area contributed by atoms with E-state index in [1.807, 2.05) is 18.2 Å². The van der Waals surface area contributed by atoms with Crippen molar-refractivity contribution < 1.29 is 14.3 Å². The Labute approximate surface area is 141 Å². The molecular weight excluding hydrogens is 310 g/mol. The van der Waals surface area contributed by atoms with Crippen molar-refractivity contribution in [2.45, 2.75) is 32.9 Å². The largest absolute Gasteiger partial charge is 0.493 e. The quantitative estimate of drug-likeness (QED) is 0.789. The first-order valence-electron chi connectivity index (χ1n) is 7.77. The van der Waals surface area contributed by atoms with Crippen LogP contribution in [-0.4, -0.2) is 40.3 Å². The van der Waals surface area contributed by atoms with E-state index in [-0.39, 0.29) is 17.9 Å². The van der Waals surface area contributed by atoms with Crippen LogP contribution in [0.3, 0.4) is 0 Å². The van der Waals surface area contributed by atoms with Gasteiger partial charge in [-0.25, -0.2) is 4.68 Å². The number of hydrogen-bond donors (Lipinski definition) is 1. The highest BCUT2D eigenvalue weighted by Gasteiger charge is 2.20. The Morgan fingerprint density at radius 3 is 2.58 bits per heavy atom. The number of rotatable bonds is 8. The fourth-order valence-corrected chi connectivity index (χ4v) is 2.43. The van der Waals surface area contributed by atoms with Gasteiger partial charge >= 0.3 is 0 Å². The number of amides is 1. The summed E-state index contributed by atoms with van der Waals surface area (Å²) in [5.41, 5.74) is 0.971. The summed E-state index contributed by atoms with van der Waals surface area (Å²) in [4.78, 5) is 12.3. The topological polar surface area (TPSA) is 91.2 Å². The minimum absolute atomic E-state index is 0.0565. The fraction of sp³-hybridized carbons (Fsp3) is 0.500. The zero-order valence-corrected chi connectivity index (χ0v) is 14.4. The molecule has 0 radical (unpaired) electrons. The van der Waals surface area contributed by atoms with Crippen LogP contribution in [0, 0.1) is 5.92 Å². The van der Waals surface area contributed by atoms with Crippen LogP contribution in [0.5, 0.6) is 11.5 Å². The number of ether oxygens (including phenoxy) is 2. The standard InChI is InChI=1S/C16H23N5O3/c1-11(2)16(12-5-6-13(23-3)14(9-12)24-4)18-15(22)7-8-21-10-17-19-20-21/h5-6,9-11,16H,7-8H2,1-4H3,(H,18,22)/t16-/m1/s1. The highest BCUT2D eigenvalue weighted by molar-refractivity contribution is 5.76. The zero-order chi connectivity index (χ0) is 17.5. The number of nitrogens with zero attached hydrogens (tertiary/aromatic N) is 4. The first kappa shape index (κ1) is 17.7. The predicted octanol–water partition coefficient (Wildman–Crippen LogP) is 1.59. The van der Waals surface area contributed by atoms with Crippen molar-refractivity contribution in [2.24, 2.45) is 5.92 Å². The van der Waals surface area contributed by atoms with Gasteiger partial charge in [0.2, 0.25) is 5.91 Å². The molecule has 1 aromatic heterocycles. The van der Waals surface area contributed by atoms with Crippen molar-refractivity contribution in [1.29, 1.82) is 0 Å². The van der Waals surface area contributed by atoms with Crippen LogP contribution >= 0.6 is 0 Å². The lowest BCUT2D eigenvalue weighted by atomic mass is 9.95. The average Bonchev–Trinajstić information content (AvgIpc) is 3.10. The van der Waals surface area contributed by atoms with Crippen molar-refractivity contribution in [1.82, 2.24) is 25.5 Å². The molecule has 1 atom stereocenters. The van der Waals surface area contributed by atoms with Gasteiger partial charge in [0.15, 0.2) is 11.5 Å². The number of methoxy groups -OCH3 is 2. The molecule has 24 heavy (non-hydrogen) atoms. The predicted molar refractivity (Wildman–Crippen MR) is 87.7 cm³/mol. The van der Waals surface area contributed by atoms with Gasteiger partial charge in [-0.2, -0.15) is 0 Å². The molecule has 8 nitrogen and oxygen atoms in total. The molecule has 0 bridgehead atoms. The van der Waals surface area contributed by atoms with E-state index >= 15 is 0 Å². The Hall–Kier alpha value is -2.64. The summed E-state index contributed by atoms with van der Waals surface area (Å²) in [6.07, 6.45) is 1.79. The van der Waals surface area contributed by atoms with Gasteiger partial charge in [-0.3, -0.25) is 4.79 Å². The van der Waals surface area contributed by atoms with E-state index in [0.717, 1.165) is 5.56 Å². The summed E-state index contributed by atoms with van der Waals surface area (Å²) in [5, 5.41) is 13.9. The van der Waals surface area contributed by atoms with Gasteiger partial charge in [0.1, 0.15) is 6.33 Å². The number of nitrogens with one attached hydrogen (secondary N) is 1. The van der Waals surface area contributed by atoms with E-state index in [0.29, 0.717) is 24.5 Å². The van der Waals surface area contributed by atoms with Crippen LogP contribution in [0.15, 0.2) is 24.5 Å². The van der Waals surface area contributed by atoms with E-state index in [2.05, 4.69) is 34.7 Å². The third-order valence-electron chi connectivity index (χ3n) is 3.71. The summed E-state index contributed by atoms with van der Waals surface area (Å²) in [7, 11) is 3.19. The number of benzene rings is 1. The minimum Gasteiger partial charge on any atom is -0.493 e. The van der Waals surface area contributed by atoms with E-state index < -0.39 is 0 Å². The number of carbonyl (C=O) groups excluding carboxylic acids is 1. The number of carbonyl (C=O) groups is 1. The monoisotopic (exact) mass is 333 g/mol. The Kier molecular flexibility index (Phi) is 6.11. The molecule has 1 heterocycles. The Balaban J connectivity index is 2.07. The molecule has 130 valence electrons. The lowest BCUT2D eigenvalue weighted by Crippen LogP contribution is -2.32. The lowest BCUT2D eigenvalue weighted by molar-refractivity contribution is -0.122. The van der Waals surface area contributed by atoms with E-state index in [4.69, 9.17) is 9.47 Å². The molecule has 0 saturated carbocycles. The van der Waals surface area contributed by atoms with E-state index in [9.17, 15) is 4.79 Å². The molecule has 0 aliphatic heterocycles. The smallest absolute Gasteiger partial charge is 0.222 e. The maximum absolute atomic E-state index is 12.3. The highest BCUT2D eigenvalue weighted by atomic mass is 16.5. The summed E-state index contributed by atoms with van der Waals surface area (Å²) in [6.45, 7) is 4.56. The van der Waals surface area contributed by atoms with Crippen LogP contribution in [0.2, 0.25) is 0 Å². The molecule has 1 N–H and O–H groups in total. The normalized spacial score (nSPS) is 12.0. The van der Waals surface area contributed by atoms with Gasteiger partial charge in [0, 0.05) is 6.42 Å². The molecule has 2 rings (SSSR count). The first-order valence-corrected chi connectivity index (χ1v) is 7.77. The van der Waals surface area contributed by atoms with Crippen LogP contribution in [0.1, 0.15) is 31.9 Å². The molecule has 1 aromatic carbocycles. The molecule has 0 spiro atoms. The maximum atomic E-state index is 12.3. The van der Waals surface area contributed by atoms with Crippen LogP contribution in [0.4, 0.5) is 0 Å². The summed E-state index contributed by atoms with van der Waals surface area (Å²) < 4.78 is 12.1. The number of hydrogen-bond acceptors (Lipinski definition) is 6. The molecule has 1 amide bonds. The minimum atomic E-state index is -0.119. The van der Waals surface area contributed by atoms with Gasteiger partial charge in [-0.05, 0) is 34.0 Å². The molecule has 0 aliphatic rings. The lowest BCUT2D eigenvalue weighted by Gasteiger charge is -2.24. The van der Waals surface area contributed by atoms with Crippen molar-refractivity contribution >= 4 is 5.91 Å². The van der Waals surface area contributed by atoms with Crippen molar-refractivity contribution in [2.75, 3.05) is 14.2 Å². The molecule has 0 aliphatic carbocycles. The van der Waals surface area contributed by atoms with Crippen molar-refractivity contribution in [3.05, 3.63) is 30.1 Å². The Morgan fingerprint density at radius 1 is 1.25 bits per heavy atom. The molecule has 0 saturated heterocycles. The Bertz CT molecular complexity index is 658. The second-order valence-electron chi connectivity index (χ2n) is 5.73. The summed E-state index contributed by atoms with van der Waals surface area (Å²) >= 11 is 0. The first-order chi connectivity index (χ1) is 11.5. The van der Waals surface area contributed by atoms with Gasteiger partial charge in [-0.1, -0.05) is 19.9 Å². The number of aryl methyl sites for hydroxylation is 1. The summed E-state index contributed by atoms with van der Waals surface area (Å²) in [6, 6.07) is 5.56. The van der Waals surface area contributed by atoms with Gasteiger partial charge in [-0.15, -0.1) is 5.10 Å². The SMILES string of the molecule is COc1ccc([C@H](NC(=O)CCn2cnnn2)C(C)C)cc1OC. The van der Waals surface area contributed by atoms with Crippen LogP contribution in [-0.2, 0) is 11.3 Å². The van der Waals surface area contributed by atoms with Crippen molar-refractivity contribution in [3.63, 3.8) is 0 Å². The Morgan fingerprint density at radius 2 is 2.00 bits per heavy atom. The fourth-order valence-electron chi connectivity index (χ4n) is 2.43. The second kappa shape index (κ2) is 8.28. The third-order valence-corrected chi connectivity index (χ3v) is 3.71. The summed E-state index contributed by atoms with van der Waals surface area (Å²) in [5.74, 6) is 1.47. The third kappa shape index (κ3) is 4.43. The molecular formula is C16H23N5O3. The number of aromatic nitrogens is 4. The molecule has 2 aromatic rings. The number of tetrazole rings is 1. The van der Waals surface area contributed by atoms with E-state index in [1.54, 1.807) is 14.2 Å². The van der Waals surface area contributed by atoms with Gasteiger partial charge < -0.3 is 14.8 Å². The van der Waals surface area contributed by atoms with E-state index in [1.165, 1.54) is 11.0 Å². The van der Waals surface area contributed by atoms with Crippen LogP contribution in [0.25, 0.3) is 0 Å². The van der Waals surface area contributed by atoms with Gasteiger partial charge in [0.25, 0.3) is 0 Å². The van der Waals surface area contributed by atoms with Crippen LogP contribution < -0.4 is 14.8 Å². The molecule has 8 heteroatoms. The zero-order valence-electron chi connectivity index (χ0n) is 14.4. The highest BCUT2D eigenvalue weighted by Crippen LogP contribution is 2.32. The average molecular weight is 333 g/mol. The molecule has 0 unspecified atom stereocenters. The second-order valence-corrected chi connectivity index (χ2v) is 5.73. The molecule has 0 fully saturated rings. The maximum Gasteiger partial charge on any atom is 0.222 e. The van der Waals surface area contributed by atoms with Crippen molar-refractivity contribution in [3.8, 4) is 11.5 Å². The van der Waals surface area contributed by atoms with Gasteiger partial charge in [0.05, 0.1) is 26.8 Å².